The maximum atomic E-state index is 5.97. The second kappa shape index (κ2) is 6.48. The summed E-state index contributed by atoms with van der Waals surface area (Å²) in [5.41, 5.74) is 6.96. The van der Waals surface area contributed by atoms with Gasteiger partial charge in [-0.3, -0.25) is 0 Å². The molecule has 2 nitrogen and oxygen atoms in total. The first-order valence-corrected chi connectivity index (χ1v) is 6.10. The molecule has 1 unspecified atom stereocenters. The molecule has 4 heteroatoms. The summed E-state index contributed by atoms with van der Waals surface area (Å²) in [6, 6.07) is 5.55. The van der Waals surface area contributed by atoms with Crippen molar-refractivity contribution in [1.82, 2.24) is 0 Å². The third-order valence-corrected chi connectivity index (χ3v) is 2.63. The molecule has 0 saturated carbocycles. The smallest absolute Gasteiger partial charge is 0.0659 e. The van der Waals surface area contributed by atoms with E-state index < -0.39 is 0 Å². The topological polar surface area (TPSA) is 35.2 Å². The summed E-state index contributed by atoms with van der Waals surface area (Å²) < 4.78 is 6.34. The van der Waals surface area contributed by atoms with Gasteiger partial charge in [-0.25, -0.2) is 0 Å². The molecule has 2 N–H and O–H groups in total. The van der Waals surface area contributed by atoms with Crippen LogP contribution in [0, 0.1) is 0 Å². The van der Waals surface area contributed by atoms with Crippen molar-refractivity contribution < 1.29 is 4.74 Å². The number of halogens is 2. The Labute approximate surface area is 104 Å². The van der Waals surface area contributed by atoms with Crippen molar-refractivity contribution in [2.24, 2.45) is 5.73 Å². The second-order valence-electron chi connectivity index (χ2n) is 3.38. The molecule has 1 aromatic rings. The van der Waals surface area contributed by atoms with Gasteiger partial charge in [-0.2, -0.15) is 0 Å². The molecule has 0 saturated heterocycles. The highest BCUT2D eigenvalue weighted by atomic mass is 79.9. The van der Waals surface area contributed by atoms with Crippen molar-refractivity contribution in [3.63, 3.8) is 0 Å². The molecule has 0 heterocycles. The van der Waals surface area contributed by atoms with Crippen LogP contribution < -0.4 is 5.73 Å². The minimum absolute atomic E-state index is 0.119. The van der Waals surface area contributed by atoms with Gasteiger partial charge in [0.1, 0.15) is 0 Å². The standard InChI is InChI=1S/C11H15BrClNO/c1-2-3-15-7-11(14)8-4-9(12)6-10(13)5-8/h4-6,11H,2-3,7,14H2,1H3. The molecular weight excluding hydrogens is 277 g/mol. The Morgan fingerprint density at radius 3 is 2.80 bits per heavy atom. The van der Waals surface area contributed by atoms with Gasteiger partial charge in [0, 0.05) is 16.1 Å². The zero-order valence-corrected chi connectivity index (χ0v) is 11.0. The van der Waals surface area contributed by atoms with E-state index in [-0.39, 0.29) is 6.04 Å². The summed E-state index contributed by atoms with van der Waals surface area (Å²) in [6.07, 6.45) is 1.01. The fourth-order valence-electron chi connectivity index (χ4n) is 1.24. The quantitative estimate of drug-likeness (QED) is 0.843. The summed E-state index contributed by atoms with van der Waals surface area (Å²) in [5, 5.41) is 0.685. The molecule has 0 aromatic heterocycles. The van der Waals surface area contributed by atoms with Crippen LogP contribution in [0.5, 0.6) is 0 Å². The van der Waals surface area contributed by atoms with Gasteiger partial charge in [0.05, 0.1) is 12.6 Å². The Morgan fingerprint density at radius 2 is 2.20 bits per heavy atom. The highest BCUT2D eigenvalue weighted by Crippen LogP contribution is 2.23. The minimum atomic E-state index is -0.119. The first-order chi connectivity index (χ1) is 7.13. The van der Waals surface area contributed by atoms with Gasteiger partial charge in [-0.05, 0) is 30.2 Å². The van der Waals surface area contributed by atoms with Crippen molar-refractivity contribution in [3.05, 3.63) is 33.3 Å². The Kier molecular flexibility index (Phi) is 5.61. The summed E-state index contributed by atoms with van der Waals surface area (Å²) in [7, 11) is 0. The molecule has 0 fully saturated rings. The molecule has 0 aliphatic heterocycles. The fraction of sp³-hybridized carbons (Fsp3) is 0.455. The molecule has 0 amide bonds. The first kappa shape index (κ1) is 13.0. The van der Waals surface area contributed by atoms with Crippen LogP contribution in [0.15, 0.2) is 22.7 Å². The predicted octanol–water partition coefficient (Wildman–Crippen LogP) is 3.53. The molecule has 15 heavy (non-hydrogen) atoms. The number of nitrogens with two attached hydrogens (primary N) is 1. The first-order valence-electron chi connectivity index (χ1n) is 4.92. The van der Waals surface area contributed by atoms with Crippen LogP contribution in [0.4, 0.5) is 0 Å². The van der Waals surface area contributed by atoms with Gasteiger partial charge < -0.3 is 10.5 Å². The van der Waals surface area contributed by atoms with Gasteiger partial charge in [0.25, 0.3) is 0 Å². The van der Waals surface area contributed by atoms with E-state index in [1.54, 1.807) is 0 Å². The summed E-state index contributed by atoms with van der Waals surface area (Å²) in [6.45, 7) is 3.34. The van der Waals surface area contributed by atoms with E-state index in [0.717, 1.165) is 23.1 Å². The molecule has 1 atom stereocenters. The highest BCUT2D eigenvalue weighted by molar-refractivity contribution is 9.10. The number of hydrogen-bond donors (Lipinski definition) is 1. The van der Waals surface area contributed by atoms with Gasteiger partial charge in [-0.15, -0.1) is 0 Å². The Morgan fingerprint density at radius 1 is 1.47 bits per heavy atom. The largest absolute Gasteiger partial charge is 0.379 e. The zero-order chi connectivity index (χ0) is 11.3. The van der Waals surface area contributed by atoms with Gasteiger partial charge in [0.15, 0.2) is 0 Å². The highest BCUT2D eigenvalue weighted by Gasteiger charge is 2.07. The molecular formula is C11H15BrClNO. The van der Waals surface area contributed by atoms with Crippen LogP contribution in [-0.2, 0) is 4.74 Å². The van der Waals surface area contributed by atoms with Crippen LogP contribution in [-0.4, -0.2) is 13.2 Å². The van der Waals surface area contributed by atoms with Gasteiger partial charge in [0.2, 0.25) is 0 Å². The van der Waals surface area contributed by atoms with Crippen LogP contribution in [0.3, 0.4) is 0 Å². The van der Waals surface area contributed by atoms with E-state index in [1.165, 1.54) is 0 Å². The lowest BCUT2D eigenvalue weighted by Crippen LogP contribution is -2.17. The Bertz CT molecular complexity index is 299. The van der Waals surface area contributed by atoms with Crippen LogP contribution >= 0.6 is 27.5 Å². The minimum Gasteiger partial charge on any atom is -0.379 e. The lowest BCUT2D eigenvalue weighted by atomic mass is 10.1. The van der Waals surface area contributed by atoms with Crippen molar-refractivity contribution in [1.29, 1.82) is 0 Å². The molecule has 0 radical (unpaired) electrons. The van der Waals surface area contributed by atoms with E-state index in [0.29, 0.717) is 11.6 Å². The lowest BCUT2D eigenvalue weighted by Gasteiger charge is -2.13. The molecule has 0 aliphatic carbocycles. The Hall–Kier alpha value is -0.0900. The van der Waals surface area contributed by atoms with Crippen molar-refractivity contribution >= 4 is 27.5 Å². The average Bonchev–Trinajstić information content (AvgIpc) is 2.16. The maximum absolute atomic E-state index is 5.97. The van der Waals surface area contributed by atoms with Crippen molar-refractivity contribution in [3.8, 4) is 0 Å². The normalized spacial score (nSPS) is 12.8. The summed E-state index contributed by atoms with van der Waals surface area (Å²) >= 11 is 9.31. The fourth-order valence-corrected chi connectivity index (χ4v) is 2.13. The van der Waals surface area contributed by atoms with Crippen LogP contribution in [0.2, 0.25) is 5.02 Å². The molecule has 1 rings (SSSR count). The summed E-state index contributed by atoms with van der Waals surface area (Å²) in [5.74, 6) is 0. The van der Waals surface area contributed by atoms with E-state index in [2.05, 4.69) is 22.9 Å². The second-order valence-corrected chi connectivity index (χ2v) is 4.74. The molecule has 0 aliphatic rings. The van der Waals surface area contributed by atoms with E-state index in [1.807, 2.05) is 18.2 Å². The molecule has 0 spiro atoms. The SMILES string of the molecule is CCCOCC(N)c1cc(Cl)cc(Br)c1. The Balaban J connectivity index is 2.60. The molecule has 0 bridgehead atoms. The zero-order valence-electron chi connectivity index (χ0n) is 8.67. The third-order valence-electron chi connectivity index (χ3n) is 1.96. The van der Waals surface area contributed by atoms with Crippen LogP contribution in [0.1, 0.15) is 24.9 Å². The van der Waals surface area contributed by atoms with Crippen LogP contribution in [0.25, 0.3) is 0 Å². The van der Waals surface area contributed by atoms with Gasteiger partial charge in [-0.1, -0.05) is 34.5 Å². The number of benzene rings is 1. The summed E-state index contributed by atoms with van der Waals surface area (Å²) in [4.78, 5) is 0. The molecule has 84 valence electrons. The number of rotatable bonds is 5. The van der Waals surface area contributed by atoms with Gasteiger partial charge >= 0.3 is 0 Å². The maximum Gasteiger partial charge on any atom is 0.0659 e. The average molecular weight is 293 g/mol. The van der Waals surface area contributed by atoms with Crippen molar-refractivity contribution in [2.45, 2.75) is 19.4 Å². The van der Waals surface area contributed by atoms with E-state index >= 15 is 0 Å². The number of hydrogen-bond acceptors (Lipinski definition) is 2. The monoisotopic (exact) mass is 291 g/mol. The van der Waals surface area contributed by atoms with E-state index in [4.69, 9.17) is 22.1 Å². The predicted molar refractivity (Wildman–Crippen MR) is 67.2 cm³/mol. The van der Waals surface area contributed by atoms with Crippen molar-refractivity contribution in [2.75, 3.05) is 13.2 Å². The number of ether oxygens (including phenoxy) is 1. The molecule has 1 aromatic carbocycles. The third kappa shape index (κ3) is 4.51. The lowest BCUT2D eigenvalue weighted by molar-refractivity contribution is 0.121. The van der Waals surface area contributed by atoms with E-state index in [9.17, 15) is 0 Å².